The largest absolute Gasteiger partial charge is 0.289 e. The topological polar surface area (TPSA) is 106 Å². The number of aryl methyl sites for hydroxylation is 2. The van der Waals surface area contributed by atoms with Gasteiger partial charge in [0.15, 0.2) is 0 Å². The molecule has 0 saturated heterocycles. The summed E-state index contributed by atoms with van der Waals surface area (Å²) in [6.07, 6.45) is 1.35. The van der Waals surface area contributed by atoms with Crippen LogP contribution in [-0.2, 0) is 11.3 Å². The van der Waals surface area contributed by atoms with Gasteiger partial charge in [-0.05, 0) is 31.5 Å². The van der Waals surface area contributed by atoms with E-state index in [1.54, 1.807) is 12.1 Å². The number of pyridine rings is 1. The molecule has 3 aromatic heterocycles. The standard InChI is InChI=1S/C26H21N5O3S/c1-15-16(2)35-25-23(15)26(34)31(14-27-25)13-22(32)29-30-24(33)19-12-21(17-8-4-3-5-9-17)28-20-11-7-6-10-18(19)20/h3-12,14H,13H2,1-2H3,(H,29,32)(H,30,33). The lowest BCUT2D eigenvalue weighted by Gasteiger charge is -2.12. The number of hydrogen-bond acceptors (Lipinski definition) is 6. The van der Waals surface area contributed by atoms with Gasteiger partial charge in [0.1, 0.15) is 11.4 Å². The first kappa shape index (κ1) is 22.4. The first-order valence-electron chi connectivity index (χ1n) is 10.9. The summed E-state index contributed by atoms with van der Waals surface area (Å²) in [5, 5.41) is 1.18. The lowest BCUT2D eigenvalue weighted by molar-refractivity contribution is -0.122. The monoisotopic (exact) mass is 483 g/mol. The van der Waals surface area contributed by atoms with Gasteiger partial charge >= 0.3 is 0 Å². The zero-order chi connectivity index (χ0) is 24.5. The van der Waals surface area contributed by atoms with Crippen molar-refractivity contribution in [2.24, 2.45) is 0 Å². The SMILES string of the molecule is Cc1sc2ncn(CC(=O)NNC(=O)c3cc(-c4ccccc4)nc4ccccc34)c(=O)c2c1C. The number of hydrogen-bond donors (Lipinski definition) is 2. The van der Waals surface area contributed by atoms with Crippen molar-refractivity contribution in [3.63, 3.8) is 0 Å². The maximum atomic E-state index is 13.1. The fraction of sp³-hybridized carbons (Fsp3) is 0.115. The van der Waals surface area contributed by atoms with Crippen molar-refractivity contribution in [2.45, 2.75) is 20.4 Å². The number of amides is 2. The lowest BCUT2D eigenvalue weighted by Crippen LogP contribution is -2.44. The smallest absolute Gasteiger partial charge is 0.270 e. The molecule has 5 aromatic rings. The highest BCUT2D eigenvalue weighted by Crippen LogP contribution is 2.26. The molecule has 9 heteroatoms. The number of carbonyl (C=O) groups is 2. The summed E-state index contributed by atoms with van der Waals surface area (Å²) >= 11 is 1.45. The number of carbonyl (C=O) groups excluding carboxylic acids is 2. The Kier molecular flexibility index (Phi) is 5.84. The van der Waals surface area contributed by atoms with Gasteiger partial charge in [-0.1, -0.05) is 48.5 Å². The Hall–Kier alpha value is -4.37. The molecular formula is C26H21N5O3S. The van der Waals surface area contributed by atoms with Crippen LogP contribution < -0.4 is 16.4 Å². The van der Waals surface area contributed by atoms with Gasteiger partial charge in [0.05, 0.1) is 28.5 Å². The van der Waals surface area contributed by atoms with Crippen molar-refractivity contribution in [1.29, 1.82) is 0 Å². The van der Waals surface area contributed by atoms with E-state index in [-0.39, 0.29) is 12.1 Å². The van der Waals surface area contributed by atoms with Crippen LogP contribution in [0.2, 0.25) is 0 Å². The molecule has 0 fully saturated rings. The van der Waals surface area contributed by atoms with E-state index < -0.39 is 11.8 Å². The maximum Gasteiger partial charge on any atom is 0.270 e. The highest BCUT2D eigenvalue weighted by atomic mass is 32.1. The molecule has 0 spiro atoms. The zero-order valence-corrected chi connectivity index (χ0v) is 19.8. The van der Waals surface area contributed by atoms with Crippen LogP contribution in [-0.4, -0.2) is 26.3 Å². The highest BCUT2D eigenvalue weighted by molar-refractivity contribution is 7.18. The van der Waals surface area contributed by atoms with Crippen molar-refractivity contribution < 1.29 is 9.59 Å². The minimum Gasteiger partial charge on any atom is -0.289 e. The molecular weight excluding hydrogens is 462 g/mol. The first-order chi connectivity index (χ1) is 16.9. The second-order valence-electron chi connectivity index (χ2n) is 8.08. The summed E-state index contributed by atoms with van der Waals surface area (Å²) < 4.78 is 1.23. The quantitative estimate of drug-likeness (QED) is 0.379. The average molecular weight is 484 g/mol. The Labute approximate surface area is 204 Å². The van der Waals surface area contributed by atoms with Crippen LogP contribution in [0.5, 0.6) is 0 Å². The summed E-state index contributed by atoms with van der Waals surface area (Å²) in [4.78, 5) is 49.1. The Morgan fingerprint density at radius 1 is 1.00 bits per heavy atom. The van der Waals surface area contributed by atoms with Crippen molar-refractivity contribution in [2.75, 3.05) is 0 Å². The fourth-order valence-electron chi connectivity index (χ4n) is 3.89. The number of nitrogens with zero attached hydrogens (tertiary/aromatic N) is 3. The molecule has 0 radical (unpaired) electrons. The molecule has 174 valence electrons. The summed E-state index contributed by atoms with van der Waals surface area (Å²) in [6, 6.07) is 18.6. The molecule has 0 unspecified atom stereocenters. The van der Waals surface area contributed by atoms with E-state index in [0.717, 1.165) is 16.0 Å². The van der Waals surface area contributed by atoms with Crippen LogP contribution >= 0.6 is 11.3 Å². The van der Waals surface area contributed by atoms with E-state index in [4.69, 9.17) is 0 Å². The Bertz CT molecular complexity index is 1660. The normalized spacial score (nSPS) is 11.0. The van der Waals surface area contributed by atoms with Gasteiger partial charge in [-0.15, -0.1) is 11.3 Å². The van der Waals surface area contributed by atoms with Crippen molar-refractivity contribution >= 4 is 44.3 Å². The molecule has 0 aliphatic heterocycles. The van der Waals surface area contributed by atoms with Gasteiger partial charge in [0, 0.05) is 15.8 Å². The van der Waals surface area contributed by atoms with Crippen molar-refractivity contribution in [1.82, 2.24) is 25.4 Å². The van der Waals surface area contributed by atoms with Crippen LogP contribution in [0.15, 0.2) is 71.8 Å². The zero-order valence-electron chi connectivity index (χ0n) is 19.0. The molecule has 0 aliphatic carbocycles. The van der Waals surface area contributed by atoms with Crippen LogP contribution in [0, 0.1) is 13.8 Å². The van der Waals surface area contributed by atoms with Gasteiger partial charge < -0.3 is 0 Å². The summed E-state index contributed by atoms with van der Waals surface area (Å²) in [5.41, 5.74) is 8.00. The van der Waals surface area contributed by atoms with Gasteiger partial charge in [0.2, 0.25) is 0 Å². The number of aromatic nitrogens is 3. The Balaban J connectivity index is 1.37. The Morgan fingerprint density at radius 3 is 2.54 bits per heavy atom. The first-order valence-corrected chi connectivity index (χ1v) is 11.7. The maximum absolute atomic E-state index is 13.1. The van der Waals surface area contributed by atoms with E-state index in [1.807, 2.05) is 62.4 Å². The predicted octanol–water partition coefficient (Wildman–Crippen LogP) is 3.75. The molecule has 0 bridgehead atoms. The number of thiophene rings is 1. The van der Waals surface area contributed by atoms with Gasteiger partial charge in [-0.25, -0.2) is 9.97 Å². The molecule has 2 N–H and O–H groups in total. The molecule has 5 rings (SSSR count). The summed E-state index contributed by atoms with van der Waals surface area (Å²) in [5.74, 6) is -1.03. The van der Waals surface area contributed by atoms with E-state index in [1.165, 1.54) is 22.2 Å². The Morgan fingerprint density at radius 2 is 1.74 bits per heavy atom. The van der Waals surface area contributed by atoms with Gasteiger partial charge in [-0.3, -0.25) is 29.8 Å². The number of rotatable bonds is 4. The van der Waals surface area contributed by atoms with Gasteiger partial charge in [-0.2, -0.15) is 0 Å². The predicted molar refractivity (Wildman–Crippen MR) is 136 cm³/mol. The molecule has 0 saturated carbocycles. The third-order valence-electron chi connectivity index (χ3n) is 5.82. The van der Waals surface area contributed by atoms with Crippen LogP contribution in [0.3, 0.4) is 0 Å². The minimum atomic E-state index is -0.548. The third-order valence-corrected chi connectivity index (χ3v) is 6.93. The molecule has 35 heavy (non-hydrogen) atoms. The number of benzene rings is 2. The fourth-order valence-corrected chi connectivity index (χ4v) is 4.88. The van der Waals surface area contributed by atoms with E-state index >= 15 is 0 Å². The summed E-state index contributed by atoms with van der Waals surface area (Å²) in [6.45, 7) is 3.52. The minimum absolute atomic E-state index is 0.275. The van der Waals surface area contributed by atoms with E-state index in [9.17, 15) is 14.4 Å². The van der Waals surface area contributed by atoms with Gasteiger partial charge in [0.25, 0.3) is 17.4 Å². The molecule has 3 heterocycles. The number of para-hydroxylation sites is 1. The highest BCUT2D eigenvalue weighted by Gasteiger charge is 2.16. The van der Waals surface area contributed by atoms with E-state index in [2.05, 4.69) is 20.8 Å². The van der Waals surface area contributed by atoms with E-state index in [0.29, 0.717) is 32.4 Å². The van der Waals surface area contributed by atoms with Crippen LogP contribution in [0.1, 0.15) is 20.8 Å². The molecule has 8 nitrogen and oxygen atoms in total. The number of fused-ring (bicyclic) bond motifs is 2. The number of nitrogens with one attached hydrogen (secondary N) is 2. The third kappa shape index (κ3) is 4.29. The molecule has 2 amide bonds. The van der Waals surface area contributed by atoms with Crippen molar-refractivity contribution in [3.8, 4) is 11.3 Å². The lowest BCUT2D eigenvalue weighted by atomic mass is 10.0. The number of hydrazine groups is 1. The summed E-state index contributed by atoms with van der Waals surface area (Å²) in [7, 11) is 0. The second kappa shape index (κ2) is 9.11. The second-order valence-corrected chi connectivity index (χ2v) is 9.28. The average Bonchev–Trinajstić information content (AvgIpc) is 3.17. The molecule has 0 atom stereocenters. The van der Waals surface area contributed by atoms with Crippen LogP contribution in [0.25, 0.3) is 32.4 Å². The van der Waals surface area contributed by atoms with Crippen LogP contribution in [0.4, 0.5) is 0 Å². The molecule has 0 aliphatic rings. The van der Waals surface area contributed by atoms with Crippen molar-refractivity contribution in [3.05, 3.63) is 93.3 Å². The molecule has 2 aromatic carbocycles.